The van der Waals surface area contributed by atoms with E-state index in [0.717, 1.165) is 16.7 Å². The predicted octanol–water partition coefficient (Wildman–Crippen LogP) is 4.55. The minimum Gasteiger partial charge on any atom is -0.355 e. The lowest BCUT2D eigenvalue weighted by Crippen LogP contribution is -2.07. The lowest BCUT2D eigenvalue weighted by molar-refractivity contribution is 0.122. The van der Waals surface area contributed by atoms with Gasteiger partial charge < -0.3 is 4.74 Å². The van der Waals surface area contributed by atoms with Crippen LogP contribution in [-0.2, 0) is 4.74 Å². The molecule has 2 aromatic rings. The lowest BCUT2D eigenvalue weighted by atomic mass is 9.95. The highest BCUT2D eigenvalue weighted by atomic mass is 16.5. The van der Waals surface area contributed by atoms with Crippen molar-refractivity contribution in [2.45, 2.75) is 13.0 Å². The second kappa shape index (κ2) is 7.31. The van der Waals surface area contributed by atoms with Gasteiger partial charge in [0.2, 0.25) is 0 Å². The zero-order valence-electron chi connectivity index (χ0n) is 12.2. The van der Waals surface area contributed by atoms with Crippen LogP contribution in [0.25, 0.3) is 5.57 Å². The summed E-state index contributed by atoms with van der Waals surface area (Å²) in [6, 6.07) is 18.2. The first-order valence-electron chi connectivity index (χ1n) is 6.83. The van der Waals surface area contributed by atoms with Crippen LogP contribution in [0.3, 0.4) is 0 Å². The summed E-state index contributed by atoms with van der Waals surface area (Å²) in [5.74, 6) is 2.53. The van der Waals surface area contributed by atoms with Crippen molar-refractivity contribution < 1.29 is 4.74 Å². The maximum atomic E-state index is 5.85. The van der Waals surface area contributed by atoms with Gasteiger partial charge in [-0.1, -0.05) is 72.7 Å². The van der Waals surface area contributed by atoms with Gasteiger partial charge in [-0.3, -0.25) is 0 Å². The Labute approximate surface area is 126 Å². The van der Waals surface area contributed by atoms with Crippen LogP contribution in [0.15, 0.2) is 66.9 Å². The Morgan fingerprint density at radius 1 is 1.14 bits per heavy atom. The highest BCUT2D eigenvalue weighted by Crippen LogP contribution is 2.32. The first kappa shape index (κ1) is 14.9. The summed E-state index contributed by atoms with van der Waals surface area (Å²) < 4.78 is 5.85. The largest absolute Gasteiger partial charge is 0.355 e. The standard InChI is InChI=1S/C20H18O/c1-4-15-21-20(18-13-11-16(3)12-14-18)19(5-2)17-9-7-6-8-10-17/h1,6-14,20H,2,15H2,3H3. The average Bonchev–Trinajstić information content (AvgIpc) is 2.53. The van der Waals surface area contributed by atoms with E-state index in [1.807, 2.05) is 30.3 Å². The number of hydrogen-bond acceptors (Lipinski definition) is 1. The fourth-order valence-corrected chi connectivity index (χ4v) is 2.18. The number of terminal acetylenes is 1. The van der Waals surface area contributed by atoms with Gasteiger partial charge in [-0.2, -0.15) is 0 Å². The molecule has 21 heavy (non-hydrogen) atoms. The van der Waals surface area contributed by atoms with E-state index in [1.165, 1.54) is 5.56 Å². The van der Waals surface area contributed by atoms with E-state index >= 15 is 0 Å². The second-order valence-corrected chi connectivity index (χ2v) is 4.76. The lowest BCUT2D eigenvalue weighted by Gasteiger charge is -2.19. The molecule has 0 radical (unpaired) electrons. The van der Waals surface area contributed by atoms with E-state index in [0.29, 0.717) is 0 Å². The molecule has 0 heterocycles. The van der Waals surface area contributed by atoms with Crippen molar-refractivity contribution in [2.75, 3.05) is 6.61 Å². The zero-order valence-corrected chi connectivity index (χ0v) is 12.2. The van der Waals surface area contributed by atoms with Crippen molar-refractivity contribution in [2.24, 2.45) is 0 Å². The van der Waals surface area contributed by atoms with E-state index in [9.17, 15) is 0 Å². The second-order valence-electron chi connectivity index (χ2n) is 4.76. The van der Waals surface area contributed by atoms with E-state index in [-0.39, 0.29) is 12.7 Å². The van der Waals surface area contributed by atoms with Crippen LogP contribution in [-0.4, -0.2) is 6.61 Å². The summed E-state index contributed by atoms with van der Waals surface area (Å²) >= 11 is 0. The topological polar surface area (TPSA) is 9.23 Å². The summed E-state index contributed by atoms with van der Waals surface area (Å²) in [5.41, 5.74) is 7.20. The number of hydrogen-bond donors (Lipinski definition) is 0. The number of ether oxygens (including phenoxy) is 1. The summed E-state index contributed by atoms with van der Waals surface area (Å²) in [6.07, 6.45) is 5.08. The van der Waals surface area contributed by atoms with Crippen molar-refractivity contribution in [3.05, 3.63) is 83.6 Å². The molecule has 0 aliphatic rings. The van der Waals surface area contributed by atoms with E-state index in [2.05, 4.69) is 49.4 Å². The van der Waals surface area contributed by atoms with Gasteiger partial charge in [0, 0.05) is 5.57 Å². The third-order valence-corrected chi connectivity index (χ3v) is 3.25. The Morgan fingerprint density at radius 2 is 1.81 bits per heavy atom. The van der Waals surface area contributed by atoms with Gasteiger partial charge in [0.1, 0.15) is 12.7 Å². The van der Waals surface area contributed by atoms with E-state index < -0.39 is 0 Å². The Hall–Kier alpha value is -2.52. The molecule has 0 saturated heterocycles. The van der Waals surface area contributed by atoms with Gasteiger partial charge in [-0.05, 0) is 18.1 Å². The van der Waals surface area contributed by atoms with E-state index in [4.69, 9.17) is 11.2 Å². The quantitative estimate of drug-likeness (QED) is 0.574. The molecule has 2 rings (SSSR count). The first-order valence-corrected chi connectivity index (χ1v) is 6.83. The summed E-state index contributed by atoms with van der Waals surface area (Å²) in [4.78, 5) is 0. The van der Waals surface area contributed by atoms with Gasteiger partial charge in [0.05, 0.1) is 0 Å². The molecular formula is C20H18O. The van der Waals surface area contributed by atoms with Crippen molar-refractivity contribution in [1.82, 2.24) is 0 Å². The average molecular weight is 274 g/mol. The number of benzene rings is 2. The molecule has 0 fully saturated rings. The summed E-state index contributed by atoms with van der Waals surface area (Å²) in [6.45, 7) is 6.12. The number of aryl methyl sites for hydroxylation is 1. The molecule has 0 N–H and O–H groups in total. The highest BCUT2D eigenvalue weighted by molar-refractivity contribution is 5.69. The molecule has 0 aromatic heterocycles. The third-order valence-electron chi connectivity index (χ3n) is 3.25. The molecule has 0 saturated carbocycles. The molecule has 0 spiro atoms. The molecule has 0 bridgehead atoms. The Kier molecular flexibility index (Phi) is 5.18. The van der Waals surface area contributed by atoms with Crippen LogP contribution < -0.4 is 0 Å². The first-order chi connectivity index (χ1) is 10.3. The molecule has 1 unspecified atom stereocenters. The van der Waals surface area contributed by atoms with Crippen LogP contribution in [0.5, 0.6) is 0 Å². The molecular weight excluding hydrogens is 256 g/mol. The van der Waals surface area contributed by atoms with Crippen LogP contribution in [0.2, 0.25) is 0 Å². The molecule has 0 aliphatic carbocycles. The molecule has 1 nitrogen and oxygen atoms in total. The highest BCUT2D eigenvalue weighted by Gasteiger charge is 2.18. The molecule has 2 aromatic carbocycles. The maximum Gasteiger partial charge on any atom is 0.117 e. The smallest absolute Gasteiger partial charge is 0.117 e. The molecule has 1 heteroatoms. The monoisotopic (exact) mass is 274 g/mol. The SMILES string of the molecule is C#CCOC(C(=C=C)c1ccccc1)c1ccc(C)cc1. The zero-order chi connectivity index (χ0) is 15.1. The minimum atomic E-state index is -0.262. The van der Waals surface area contributed by atoms with Crippen molar-refractivity contribution in [3.63, 3.8) is 0 Å². The predicted molar refractivity (Wildman–Crippen MR) is 87.7 cm³/mol. The molecule has 0 amide bonds. The third kappa shape index (κ3) is 3.74. The minimum absolute atomic E-state index is 0.247. The van der Waals surface area contributed by atoms with Crippen molar-refractivity contribution >= 4 is 5.57 Å². The normalized spacial score (nSPS) is 11.2. The Balaban J connectivity index is 2.42. The van der Waals surface area contributed by atoms with Gasteiger partial charge in [-0.25, -0.2) is 0 Å². The van der Waals surface area contributed by atoms with E-state index in [1.54, 1.807) is 0 Å². The summed E-state index contributed by atoms with van der Waals surface area (Å²) in [5, 5.41) is 0. The van der Waals surface area contributed by atoms with Gasteiger partial charge in [0.25, 0.3) is 0 Å². The molecule has 1 atom stereocenters. The molecule has 104 valence electrons. The van der Waals surface area contributed by atoms with Crippen LogP contribution >= 0.6 is 0 Å². The van der Waals surface area contributed by atoms with Crippen LogP contribution in [0.4, 0.5) is 0 Å². The van der Waals surface area contributed by atoms with Crippen molar-refractivity contribution in [1.29, 1.82) is 0 Å². The van der Waals surface area contributed by atoms with Gasteiger partial charge >= 0.3 is 0 Å². The maximum absolute atomic E-state index is 5.85. The van der Waals surface area contributed by atoms with Crippen LogP contribution in [0.1, 0.15) is 22.8 Å². The van der Waals surface area contributed by atoms with Gasteiger partial charge in [-0.15, -0.1) is 12.2 Å². The van der Waals surface area contributed by atoms with Crippen molar-refractivity contribution in [3.8, 4) is 12.3 Å². The van der Waals surface area contributed by atoms with Gasteiger partial charge in [0.15, 0.2) is 0 Å². The van der Waals surface area contributed by atoms with Crippen LogP contribution in [0, 0.1) is 19.3 Å². The Bertz CT molecular complexity index is 668. The molecule has 0 aliphatic heterocycles. The number of rotatable bonds is 5. The fourth-order valence-electron chi connectivity index (χ4n) is 2.18. The summed E-state index contributed by atoms with van der Waals surface area (Å²) in [7, 11) is 0. The Morgan fingerprint density at radius 3 is 2.38 bits per heavy atom. The fraction of sp³-hybridized carbons (Fsp3) is 0.150.